The number of nitrogens with zero attached hydrogens (tertiary/aromatic N) is 5. The number of imide groups is 1. The Balaban J connectivity index is 1.41. The fourth-order valence-electron chi connectivity index (χ4n) is 4.66. The molecule has 0 radical (unpaired) electrons. The lowest BCUT2D eigenvalue weighted by molar-refractivity contribution is 0.0651. The lowest BCUT2D eigenvalue weighted by atomic mass is 10.1. The largest absolute Gasteiger partial charge is 0.497 e. The van der Waals surface area contributed by atoms with E-state index >= 15 is 0 Å². The van der Waals surface area contributed by atoms with Gasteiger partial charge < -0.3 is 10.1 Å². The number of aromatic nitrogens is 4. The van der Waals surface area contributed by atoms with Crippen LogP contribution in [0.1, 0.15) is 52.5 Å². The van der Waals surface area contributed by atoms with Crippen molar-refractivity contribution in [2.24, 2.45) is 0 Å². The van der Waals surface area contributed by atoms with Crippen molar-refractivity contribution >= 4 is 28.9 Å². The molecule has 0 atom stereocenters. The van der Waals surface area contributed by atoms with E-state index in [0.29, 0.717) is 47.7 Å². The molecule has 2 aromatic carbocycles. The molecule has 0 saturated heterocycles. The van der Waals surface area contributed by atoms with E-state index in [-0.39, 0.29) is 24.0 Å². The summed E-state index contributed by atoms with van der Waals surface area (Å²) < 4.78 is 8.50. The summed E-state index contributed by atoms with van der Waals surface area (Å²) in [6.07, 6.45) is 4.11. The van der Waals surface area contributed by atoms with Gasteiger partial charge in [-0.1, -0.05) is 37.6 Å². The number of amides is 2. The first-order valence-electron chi connectivity index (χ1n) is 12.8. The number of carbonyl (C=O) groups excluding carboxylic acids is 2. The van der Waals surface area contributed by atoms with Crippen LogP contribution in [0.4, 0.5) is 5.95 Å². The van der Waals surface area contributed by atoms with E-state index in [0.717, 1.165) is 30.7 Å². The summed E-state index contributed by atoms with van der Waals surface area (Å²) >= 11 is 0. The molecule has 1 N–H and O–H groups in total. The normalized spacial score (nSPS) is 12.8. The smallest absolute Gasteiger partial charge is 0.330 e. The number of imidazole rings is 1. The fourth-order valence-corrected chi connectivity index (χ4v) is 4.66. The average molecular weight is 515 g/mol. The van der Waals surface area contributed by atoms with Gasteiger partial charge in [0.1, 0.15) is 11.3 Å². The van der Waals surface area contributed by atoms with Gasteiger partial charge in [-0.15, -0.1) is 0 Å². The lowest BCUT2D eigenvalue weighted by Crippen LogP contribution is -2.32. The topological polar surface area (TPSA) is 111 Å². The summed E-state index contributed by atoms with van der Waals surface area (Å²) in [5, 5.41) is 3.23. The Labute approximate surface area is 219 Å². The molecule has 0 aliphatic carbocycles. The first-order chi connectivity index (χ1) is 18.5. The molecule has 1 aliphatic heterocycles. The summed E-state index contributed by atoms with van der Waals surface area (Å²) in [5.41, 5.74) is 2.67. The first-order valence-corrected chi connectivity index (χ1v) is 12.8. The highest BCUT2D eigenvalue weighted by molar-refractivity contribution is 6.21. The summed E-state index contributed by atoms with van der Waals surface area (Å²) in [7, 11) is 1.61. The minimum Gasteiger partial charge on any atom is -0.497 e. The number of benzene rings is 2. The Morgan fingerprint density at radius 1 is 0.895 bits per heavy atom. The molecule has 38 heavy (non-hydrogen) atoms. The maximum absolute atomic E-state index is 13.6. The van der Waals surface area contributed by atoms with Gasteiger partial charge in [0.25, 0.3) is 11.8 Å². The van der Waals surface area contributed by atoms with Crippen LogP contribution in [0.3, 0.4) is 0 Å². The third-order valence-corrected chi connectivity index (χ3v) is 6.71. The number of rotatable bonds is 11. The number of methoxy groups -OCH3 is 1. The molecule has 0 unspecified atom stereocenters. The van der Waals surface area contributed by atoms with Crippen molar-refractivity contribution in [2.75, 3.05) is 25.5 Å². The molecule has 5 rings (SSSR count). The van der Waals surface area contributed by atoms with Crippen molar-refractivity contribution in [2.45, 2.75) is 39.3 Å². The molecule has 10 heteroatoms. The Hall–Kier alpha value is -4.47. The van der Waals surface area contributed by atoms with Crippen LogP contribution in [-0.4, -0.2) is 56.0 Å². The van der Waals surface area contributed by atoms with Gasteiger partial charge in [-0.2, -0.15) is 4.98 Å². The van der Waals surface area contributed by atoms with Gasteiger partial charge in [-0.05, 0) is 42.7 Å². The quantitative estimate of drug-likeness (QED) is 0.241. The van der Waals surface area contributed by atoms with Crippen molar-refractivity contribution in [1.82, 2.24) is 24.0 Å². The Kier molecular flexibility index (Phi) is 7.21. The summed E-state index contributed by atoms with van der Waals surface area (Å²) in [4.78, 5) is 49.4. The van der Waals surface area contributed by atoms with E-state index in [1.54, 1.807) is 46.7 Å². The number of anilines is 1. The number of hydrogen-bond acceptors (Lipinski definition) is 7. The van der Waals surface area contributed by atoms with Crippen LogP contribution in [0.5, 0.6) is 5.75 Å². The van der Waals surface area contributed by atoms with E-state index in [4.69, 9.17) is 4.74 Å². The molecular weight excluding hydrogens is 484 g/mol. The Morgan fingerprint density at radius 2 is 1.61 bits per heavy atom. The molecular formula is C28H30N6O4. The standard InChI is InChI=1S/C28H30N6O4/c1-3-4-14-29-27-30-17-23-24(31-27)34(18-19-10-12-20(38-2)13-11-19)28(37)32(23)15-7-16-33-25(35)21-8-5-6-9-22(21)26(33)36/h5-6,8-13,17H,3-4,7,14-16,18H2,1-2H3,(H,29,30,31). The second-order valence-corrected chi connectivity index (χ2v) is 9.21. The number of carbonyl (C=O) groups is 2. The summed E-state index contributed by atoms with van der Waals surface area (Å²) in [6, 6.07) is 14.4. The van der Waals surface area contributed by atoms with Crippen LogP contribution < -0.4 is 15.7 Å². The predicted octanol–water partition coefficient (Wildman–Crippen LogP) is 3.55. The van der Waals surface area contributed by atoms with Gasteiger partial charge in [0, 0.05) is 19.6 Å². The molecule has 0 spiro atoms. The number of ether oxygens (including phenoxy) is 1. The minimum absolute atomic E-state index is 0.210. The van der Waals surface area contributed by atoms with Crippen LogP contribution in [0.2, 0.25) is 0 Å². The minimum atomic E-state index is -0.300. The molecule has 0 saturated carbocycles. The zero-order chi connectivity index (χ0) is 26.6. The molecule has 196 valence electrons. The highest BCUT2D eigenvalue weighted by atomic mass is 16.5. The van der Waals surface area contributed by atoms with Crippen LogP contribution in [0, 0.1) is 0 Å². The van der Waals surface area contributed by atoms with Crippen molar-refractivity contribution in [3.63, 3.8) is 0 Å². The van der Waals surface area contributed by atoms with Crippen LogP contribution in [0.15, 0.2) is 59.5 Å². The van der Waals surface area contributed by atoms with Crippen molar-refractivity contribution in [3.8, 4) is 5.75 Å². The van der Waals surface area contributed by atoms with E-state index in [2.05, 4.69) is 22.2 Å². The SMILES string of the molecule is CCCCNc1ncc2c(n1)n(Cc1ccc(OC)cc1)c(=O)n2CCCN1C(=O)c2ccccc2C1=O. The van der Waals surface area contributed by atoms with Gasteiger partial charge in [0.2, 0.25) is 5.95 Å². The molecule has 4 aromatic rings. The average Bonchev–Trinajstić information content (AvgIpc) is 3.34. The molecule has 2 aromatic heterocycles. The van der Waals surface area contributed by atoms with Crippen LogP contribution in [-0.2, 0) is 13.1 Å². The highest BCUT2D eigenvalue weighted by Gasteiger charge is 2.34. The molecule has 1 aliphatic rings. The van der Waals surface area contributed by atoms with E-state index in [1.807, 2.05) is 24.3 Å². The van der Waals surface area contributed by atoms with Crippen molar-refractivity contribution < 1.29 is 14.3 Å². The molecule has 0 fully saturated rings. The van der Waals surface area contributed by atoms with E-state index in [1.165, 1.54) is 4.90 Å². The van der Waals surface area contributed by atoms with Gasteiger partial charge in [-0.3, -0.25) is 23.6 Å². The molecule has 3 heterocycles. The molecule has 0 bridgehead atoms. The van der Waals surface area contributed by atoms with E-state index < -0.39 is 0 Å². The Morgan fingerprint density at radius 3 is 2.26 bits per heavy atom. The van der Waals surface area contributed by atoms with Crippen LogP contribution in [0.25, 0.3) is 11.2 Å². The maximum atomic E-state index is 13.6. The number of unbranched alkanes of at least 4 members (excludes halogenated alkanes) is 1. The van der Waals surface area contributed by atoms with Gasteiger partial charge in [0.05, 0.1) is 31.0 Å². The zero-order valence-corrected chi connectivity index (χ0v) is 21.5. The van der Waals surface area contributed by atoms with Gasteiger partial charge in [-0.25, -0.2) is 9.78 Å². The van der Waals surface area contributed by atoms with E-state index in [9.17, 15) is 14.4 Å². The third-order valence-electron chi connectivity index (χ3n) is 6.71. The molecule has 2 amide bonds. The second kappa shape index (κ2) is 10.9. The van der Waals surface area contributed by atoms with Gasteiger partial charge in [0.15, 0.2) is 5.65 Å². The molecule has 10 nitrogen and oxygen atoms in total. The number of nitrogens with one attached hydrogen (secondary N) is 1. The zero-order valence-electron chi connectivity index (χ0n) is 21.5. The van der Waals surface area contributed by atoms with Gasteiger partial charge >= 0.3 is 5.69 Å². The van der Waals surface area contributed by atoms with Crippen molar-refractivity contribution in [1.29, 1.82) is 0 Å². The predicted molar refractivity (Wildman–Crippen MR) is 144 cm³/mol. The lowest BCUT2D eigenvalue weighted by Gasteiger charge is -2.13. The number of aryl methyl sites for hydroxylation is 1. The van der Waals surface area contributed by atoms with Crippen molar-refractivity contribution in [3.05, 3.63) is 81.9 Å². The number of hydrogen-bond donors (Lipinski definition) is 1. The third kappa shape index (κ3) is 4.77. The monoisotopic (exact) mass is 514 g/mol. The highest BCUT2D eigenvalue weighted by Crippen LogP contribution is 2.23. The summed E-state index contributed by atoms with van der Waals surface area (Å²) in [5.74, 6) is 0.607. The van der Waals surface area contributed by atoms with Crippen LogP contribution >= 0.6 is 0 Å². The maximum Gasteiger partial charge on any atom is 0.330 e. The summed E-state index contributed by atoms with van der Waals surface area (Å²) in [6.45, 7) is 3.70. The fraction of sp³-hybridized carbons (Fsp3) is 0.321. The second-order valence-electron chi connectivity index (χ2n) is 9.21. The first kappa shape index (κ1) is 25.2. The Bertz CT molecular complexity index is 1500. The number of fused-ring (bicyclic) bond motifs is 2.